The number of fused-ring (bicyclic) bond motifs is 3. The SMILES string of the molecule is CCOC(=O)c1ncn2c1CN(C(C)=O)c1cc(F)ccc1-2. The molecule has 2 heterocycles. The van der Waals surface area contributed by atoms with E-state index in [-0.39, 0.29) is 24.8 Å². The van der Waals surface area contributed by atoms with Crippen LogP contribution in [0.5, 0.6) is 0 Å². The smallest absolute Gasteiger partial charge is 0.358 e. The Kier molecular flexibility index (Phi) is 3.40. The van der Waals surface area contributed by atoms with Crippen molar-refractivity contribution in [1.29, 1.82) is 0 Å². The highest BCUT2D eigenvalue weighted by molar-refractivity contribution is 5.96. The van der Waals surface area contributed by atoms with E-state index in [1.54, 1.807) is 17.6 Å². The largest absolute Gasteiger partial charge is 0.461 e. The molecule has 1 amide bonds. The minimum Gasteiger partial charge on any atom is -0.461 e. The van der Waals surface area contributed by atoms with E-state index in [4.69, 9.17) is 4.74 Å². The number of carbonyl (C=O) groups excluding carboxylic acids is 2. The highest BCUT2D eigenvalue weighted by Gasteiger charge is 2.30. The Morgan fingerprint density at radius 1 is 1.36 bits per heavy atom. The summed E-state index contributed by atoms with van der Waals surface area (Å²) in [6, 6.07) is 4.15. The van der Waals surface area contributed by atoms with Gasteiger partial charge in [0.05, 0.1) is 30.2 Å². The first kappa shape index (κ1) is 14.2. The lowest BCUT2D eigenvalue weighted by molar-refractivity contribution is -0.116. The molecule has 0 saturated heterocycles. The Bertz CT molecular complexity index is 769. The molecule has 1 aliphatic rings. The minimum atomic E-state index is -0.537. The molecule has 0 atom stereocenters. The molecule has 114 valence electrons. The lowest BCUT2D eigenvalue weighted by atomic mass is 10.1. The van der Waals surface area contributed by atoms with Crippen molar-refractivity contribution in [2.24, 2.45) is 0 Å². The van der Waals surface area contributed by atoms with Gasteiger partial charge < -0.3 is 9.64 Å². The maximum atomic E-state index is 13.5. The first-order valence-corrected chi connectivity index (χ1v) is 6.84. The minimum absolute atomic E-state index is 0.139. The Labute approximate surface area is 126 Å². The predicted molar refractivity (Wildman–Crippen MR) is 76.3 cm³/mol. The molecule has 0 unspecified atom stereocenters. The van der Waals surface area contributed by atoms with E-state index in [9.17, 15) is 14.0 Å². The molecule has 0 aliphatic carbocycles. The van der Waals surface area contributed by atoms with Gasteiger partial charge >= 0.3 is 5.97 Å². The lowest BCUT2D eigenvalue weighted by Crippen LogP contribution is -2.34. The molecular weight excluding hydrogens is 289 g/mol. The van der Waals surface area contributed by atoms with Crippen LogP contribution >= 0.6 is 0 Å². The molecule has 3 rings (SSSR count). The predicted octanol–water partition coefficient (Wildman–Crippen LogP) is 2.05. The third-order valence-electron chi connectivity index (χ3n) is 3.51. The summed E-state index contributed by atoms with van der Waals surface area (Å²) < 4.78 is 20.2. The van der Waals surface area contributed by atoms with Crippen molar-refractivity contribution in [1.82, 2.24) is 9.55 Å². The van der Waals surface area contributed by atoms with E-state index in [1.807, 2.05) is 0 Å². The maximum absolute atomic E-state index is 13.5. The first-order chi connectivity index (χ1) is 10.5. The van der Waals surface area contributed by atoms with Crippen molar-refractivity contribution in [3.63, 3.8) is 0 Å². The Hall–Kier alpha value is -2.70. The second-order valence-corrected chi connectivity index (χ2v) is 4.87. The third kappa shape index (κ3) is 2.14. The summed E-state index contributed by atoms with van der Waals surface area (Å²) in [5.41, 5.74) is 1.77. The van der Waals surface area contributed by atoms with Gasteiger partial charge in [-0.3, -0.25) is 9.36 Å². The second kappa shape index (κ2) is 5.25. The number of rotatable bonds is 2. The number of aromatic nitrogens is 2. The van der Waals surface area contributed by atoms with Gasteiger partial charge in [0.1, 0.15) is 12.1 Å². The van der Waals surface area contributed by atoms with Crippen LogP contribution in [0.1, 0.15) is 30.0 Å². The Morgan fingerprint density at radius 3 is 2.82 bits per heavy atom. The summed E-state index contributed by atoms with van der Waals surface area (Å²) in [7, 11) is 0. The van der Waals surface area contributed by atoms with E-state index in [2.05, 4.69) is 4.98 Å². The molecule has 1 aromatic carbocycles. The fraction of sp³-hybridized carbons (Fsp3) is 0.267. The van der Waals surface area contributed by atoms with Gasteiger partial charge in [0.2, 0.25) is 5.91 Å². The molecule has 0 fully saturated rings. The number of anilines is 1. The Morgan fingerprint density at radius 2 is 2.14 bits per heavy atom. The molecule has 0 N–H and O–H groups in total. The number of esters is 1. The molecule has 1 aromatic heterocycles. The van der Waals surface area contributed by atoms with Gasteiger partial charge in [0, 0.05) is 6.92 Å². The van der Waals surface area contributed by atoms with E-state index >= 15 is 0 Å². The van der Waals surface area contributed by atoms with Gasteiger partial charge in [0.15, 0.2) is 5.69 Å². The van der Waals surface area contributed by atoms with Crippen molar-refractivity contribution >= 4 is 17.6 Å². The number of hydrogen-bond donors (Lipinski definition) is 0. The molecule has 0 spiro atoms. The van der Waals surface area contributed by atoms with Gasteiger partial charge in [-0.2, -0.15) is 0 Å². The number of carbonyl (C=O) groups is 2. The number of amides is 1. The van der Waals surface area contributed by atoms with Crippen molar-refractivity contribution in [2.75, 3.05) is 11.5 Å². The fourth-order valence-electron chi connectivity index (χ4n) is 2.53. The lowest BCUT2D eigenvalue weighted by Gasteiger charge is -2.30. The highest BCUT2D eigenvalue weighted by Crippen LogP contribution is 2.34. The highest BCUT2D eigenvalue weighted by atomic mass is 19.1. The average Bonchev–Trinajstić information content (AvgIpc) is 2.90. The zero-order valence-electron chi connectivity index (χ0n) is 12.2. The molecule has 7 heteroatoms. The Balaban J connectivity index is 2.16. The topological polar surface area (TPSA) is 64.4 Å². The molecule has 0 radical (unpaired) electrons. The van der Waals surface area contributed by atoms with Gasteiger partial charge in [-0.25, -0.2) is 14.2 Å². The van der Waals surface area contributed by atoms with Gasteiger partial charge in [-0.05, 0) is 25.1 Å². The normalized spacial score (nSPS) is 12.6. The van der Waals surface area contributed by atoms with E-state index < -0.39 is 11.8 Å². The van der Waals surface area contributed by atoms with Crippen LogP contribution in [-0.2, 0) is 16.1 Å². The zero-order chi connectivity index (χ0) is 15.9. The molecule has 6 nitrogen and oxygen atoms in total. The van der Waals surface area contributed by atoms with Crippen molar-refractivity contribution in [3.8, 4) is 5.69 Å². The summed E-state index contributed by atoms with van der Waals surface area (Å²) in [4.78, 5) is 29.3. The van der Waals surface area contributed by atoms with E-state index in [0.29, 0.717) is 17.1 Å². The zero-order valence-corrected chi connectivity index (χ0v) is 12.2. The number of ether oxygens (including phenoxy) is 1. The second-order valence-electron chi connectivity index (χ2n) is 4.87. The average molecular weight is 303 g/mol. The number of benzene rings is 1. The quantitative estimate of drug-likeness (QED) is 0.797. The monoisotopic (exact) mass is 303 g/mol. The van der Waals surface area contributed by atoms with Crippen LogP contribution in [-0.4, -0.2) is 28.0 Å². The van der Waals surface area contributed by atoms with Gasteiger partial charge in [-0.15, -0.1) is 0 Å². The first-order valence-electron chi connectivity index (χ1n) is 6.84. The molecule has 2 aromatic rings. The van der Waals surface area contributed by atoms with Crippen molar-refractivity contribution in [2.45, 2.75) is 20.4 Å². The van der Waals surface area contributed by atoms with Gasteiger partial charge in [0.25, 0.3) is 0 Å². The molecule has 0 saturated carbocycles. The summed E-state index contributed by atoms with van der Waals surface area (Å²) in [5, 5.41) is 0. The number of imidazole rings is 1. The van der Waals surface area contributed by atoms with Crippen LogP contribution < -0.4 is 4.90 Å². The van der Waals surface area contributed by atoms with Crippen LogP contribution in [0.3, 0.4) is 0 Å². The van der Waals surface area contributed by atoms with Crippen molar-refractivity contribution in [3.05, 3.63) is 41.7 Å². The van der Waals surface area contributed by atoms with E-state index in [1.165, 1.54) is 30.3 Å². The van der Waals surface area contributed by atoms with Crippen LogP contribution in [0, 0.1) is 5.82 Å². The summed E-state index contributed by atoms with van der Waals surface area (Å²) in [6.45, 7) is 3.48. The van der Waals surface area contributed by atoms with Crippen LogP contribution in [0.25, 0.3) is 5.69 Å². The molecular formula is C15H14FN3O3. The van der Waals surface area contributed by atoms with E-state index in [0.717, 1.165) is 0 Å². The number of halogens is 1. The van der Waals surface area contributed by atoms with Gasteiger partial charge in [-0.1, -0.05) is 0 Å². The fourth-order valence-corrected chi connectivity index (χ4v) is 2.53. The summed E-state index contributed by atoms with van der Waals surface area (Å²) in [5.74, 6) is -1.21. The number of hydrogen-bond acceptors (Lipinski definition) is 4. The summed E-state index contributed by atoms with van der Waals surface area (Å²) in [6.07, 6.45) is 1.48. The van der Waals surface area contributed by atoms with Crippen molar-refractivity contribution < 1.29 is 18.7 Å². The molecule has 0 bridgehead atoms. The molecule has 22 heavy (non-hydrogen) atoms. The maximum Gasteiger partial charge on any atom is 0.358 e. The van der Waals surface area contributed by atoms with Crippen LogP contribution in [0.2, 0.25) is 0 Å². The summed E-state index contributed by atoms with van der Waals surface area (Å²) >= 11 is 0. The van der Waals surface area contributed by atoms with Crippen LogP contribution in [0.15, 0.2) is 24.5 Å². The standard InChI is InChI=1S/C15H14FN3O3/c1-3-22-15(21)14-13-7-18(9(2)20)12-6-10(16)4-5-11(12)19(13)8-17-14/h4-6,8H,3,7H2,1-2H3. The third-order valence-corrected chi connectivity index (χ3v) is 3.51. The molecule has 1 aliphatic heterocycles. The van der Waals surface area contributed by atoms with Crippen LogP contribution in [0.4, 0.5) is 10.1 Å². The number of nitrogens with zero attached hydrogens (tertiary/aromatic N) is 3.